The van der Waals surface area contributed by atoms with Crippen molar-refractivity contribution < 1.29 is 5.11 Å². The zero-order valence-corrected chi connectivity index (χ0v) is 13.6. The summed E-state index contributed by atoms with van der Waals surface area (Å²) in [6, 6.07) is 2.71. The number of aromatic nitrogens is 2. The van der Waals surface area contributed by atoms with Crippen molar-refractivity contribution in [3.05, 3.63) is 18.0 Å². The van der Waals surface area contributed by atoms with Gasteiger partial charge in [0.1, 0.15) is 0 Å². The lowest BCUT2D eigenvalue weighted by Gasteiger charge is -2.41. The van der Waals surface area contributed by atoms with Gasteiger partial charge < -0.3 is 5.11 Å². The van der Waals surface area contributed by atoms with Crippen LogP contribution in [0.1, 0.15) is 76.9 Å². The zero-order valence-electron chi connectivity index (χ0n) is 13.6. The van der Waals surface area contributed by atoms with Crippen molar-refractivity contribution in [2.24, 2.45) is 11.8 Å². The Labute approximate surface area is 128 Å². The van der Waals surface area contributed by atoms with E-state index in [1.165, 1.54) is 38.5 Å². The Morgan fingerprint density at radius 3 is 2.71 bits per heavy atom. The van der Waals surface area contributed by atoms with Gasteiger partial charge in [0.15, 0.2) is 0 Å². The summed E-state index contributed by atoms with van der Waals surface area (Å²) < 4.78 is 2.16. The van der Waals surface area contributed by atoms with Crippen molar-refractivity contribution in [2.45, 2.75) is 83.3 Å². The quantitative estimate of drug-likeness (QED) is 0.909. The average Bonchev–Trinajstić information content (AvgIpc) is 2.94. The van der Waals surface area contributed by atoms with Crippen LogP contribution in [0.2, 0.25) is 0 Å². The lowest BCUT2D eigenvalue weighted by atomic mass is 9.69. The number of rotatable bonds is 3. The molecule has 1 N–H and O–H groups in total. The highest BCUT2D eigenvalue weighted by atomic mass is 16.3. The molecule has 0 spiro atoms. The molecule has 0 aliphatic heterocycles. The van der Waals surface area contributed by atoms with Gasteiger partial charge in [-0.3, -0.25) is 4.68 Å². The first kappa shape index (κ1) is 15.1. The third-order valence-corrected chi connectivity index (χ3v) is 6.07. The van der Waals surface area contributed by atoms with Crippen molar-refractivity contribution in [1.29, 1.82) is 0 Å². The SMILES string of the molecule is CC1CCCC(O)(Cc2ccn(C3CCCCC3)n2)C1C. The Morgan fingerprint density at radius 1 is 1.19 bits per heavy atom. The molecule has 3 nitrogen and oxygen atoms in total. The molecule has 0 bridgehead atoms. The predicted molar refractivity (Wildman–Crippen MR) is 85.2 cm³/mol. The first-order valence-electron chi connectivity index (χ1n) is 8.85. The van der Waals surface area contributed by atoms with E-state index < -0.39 is 5.60 Å². The average molecular weight is 290 g/mol. The van der Waals surface area contributed by atoms with Gasteiger partial charge in [0.05, 0.1) is 17.3 Å². The number of nitrogens with zero attached hydrogens (tertiary/aromatic N) is 2. The van der Waals surface area contributed by atoms with Crippen LogP contribution in [-0.2, 0) is 6.42 Å². The van der Waals surface area contributed by atoms with Crippen molar-refractivity contribution in [3.8, 4) is 0 Å². The van der Waals surface area contributed by atoms with Crippen LogP contribution in [0.15, 0.2) is 12.3 Å². The second-order valence-corrected chi connectivity index (χ2v) is 7.52. The summed E-state index contributed by atoms with van der Waals surface area (Å²) in [5, 5.41) is 15.8. The minimum absolute atomic E-state index is 0.367. The largest absolute Gasteiger partial charge is 0.389 e. The monoisotopic (exact) mass is 290 g/mol. The van der Waals surface area contributed by atoms with Crippen LogP contribution in [0.5, 0.6) is 0 Å². The molecule has 0 saturated heterocycles. The van der Waals surface area contributed by atoms with Crippen molar-refractivity contribution in [3.63, 3.8) is 0 Å². The number of hydrogen-bond donors (Lipinski definition) is 1. The van der Waals surface area contributed by atoms with E-state index in [-0.39, 0.29) is 0 Å². The topological polar surface area (TPSA) is 38.0 Å². The maximum atomic E-state index is 11.0. The maximum absolute atomic E-state index is 11.0. The third kappa shape index (κ3) is 3.18. The third-order valence-electron chi connectivity index (χ3n) is 6.07. The molecular weight excluding hydrogens is 260 g/mol. The second kappa shape index (κ2) is 6.12. The second-order valence-electron chi connectivity index (χ2n) is 7.52. The summed E-state index contributed by atoms with van der Waals surface area (Å²) in [5.41, 5.74) is 0.521. The molecule has 118 valence electrons. The van der Waals surface area contributed by atoms with Gasteiger partial charge in [-0.1, -0.05) is 46.0 Å². The van der Waals surface area contributed by atoms with E-state index >= 15 is 0 Å². The lowest BCUT2D eigenvalue weighted by Crippen LogP contribution is -2.44. The molecule has 0 radical (unpaired) electrons. The van der Waals surface area contributed by atoms with Crippen molar-refractivity contribution >= 4 is 0 Å². The molecule has 2 aliphatic rings. The maximum Gasteiger partial charge on any atom is 0.0731 e. The molecular formula is C18H30N2O. The normalized spacial score (nSPS) is 35.0. The van der Waals surface area contributed by atoms with Crippen LogP contribution >= 0.6 is 0 Å². The standard InChI is InChI=1S/C18H30N2O/c1-14-7-6-11-18(21,15(14)2)13-16-10-12-20(19-16)17-8-4-3-5-9-17/h10,12,14-15,17,21H,3-9,11,13H2,1-2H3. The van der Waals surface area contributed by atoms with Crippen molar-refractivity contribution in [1.82, 2.24) is 9.78 Å². The summed E-state index contributed by atoms with van der Waals surface area (Å²) in [6.45, 7) is 4.48. The van der Waals surface area contributed by atoms with Crippen LogP contribution in [0.3, 0.4) is 0 Å². The van der Waals surface area contributed by atoms with E-state index in [1.54, 1.807) is 0 Å². The Kier molecular flexibility index (Phi) is 4.39. The Bertz CT molecular complexity index is 464. The van der Waals surface area contributed by atoms with Gasteiger partial charge in [-0.25, -0.2) is 0 Å². The Balaban J connectivity index is 1.68. The van der Waals surface area contributed by atoms with Gasteiger partial charge in [0, 0.05) is 12.6 Å². The summed E-state index contributed by atoms with van der Waals surface area (Å²) in [7, 11) is 0. The van der Waals surface area contributed by atoms with Crippen LogP contribution in [0.25, 0.3) is 0 Å². The van der Waals surface area contributed by atoms with Gasteiger partial charge in [0.25, 0.3) is 0 Å². The van der Waals surface area contributed by atoms with E-state index in [2.05, 4.69) is 30.8 Å². The van der Waals surface area contributed by atoms with Crippen molar-refractivity contribution in [2.75, 3.05) is 0 Å². The van der Waals surface area contributed by atoms with E-state index in [0.717, 1.165) is 25.0 Å². The molecule has 2 saturated carbocycles. The number of aliphatic hydroxyl groups is 1. The minimum atomic E-state index is -0.552. The fourth-order valence-electron chi connectivity index (χ4n) is 4.32. The molecule has 21 heavy (non-hydrogen) atoms. The van der Waals surface area contributed by atoms with Gasteiger partial charge in [-0.2, -0.15) is 5.10 Å². The fraction of sp³-hybridized carbons (Fsp3) is 0.833. The molecule has 2 fully saturated rings. The summed E-state index contributed by atoms with van der Waals surface area (Å²) in [4.78, 5) is 0. The van der Waals surface area contributed by atoms with Gasteiger partial charge in [-0.15, -0.1) is 0 Å². The molecule has 3 heteroatoms. The molecule has 0 aromatic carbocycles. The summed E-state index contributed by atoms with van der Waals surface area (Å²) in [6.07, 6.45) is 12.7. The Hall–Kier alpha value is -0.830. The van der Waals surface area contributed by atoms with E-state index in [4.69, 9.17) is 5.10 Å². The molecule has 1 heterocycles. The fourth-order valence-corrected chi connectivity index (χ4v) is 4.32. The molecule has 1 aromatic heterocycles. The Morgan fingerprint density at radius 2 is 1.95 bits per heavy atom. The van der Waals surface area contributed by atoms with Crippen LogP contribution in [0, 0.1) is 11.8 Å². The lowest BCUT2D eigenvalue weighted by molar-refractivity contribution is -0.0628. The van der Waals surface area contributed by atoms with Crippen LogP contribution in [-0.4, -0.2) is 20.5 Å². The molecule has 3 unspecified atom stereocenters. The highest BCUT2D eigenvalue weighted by Crippen LogP contribution is 2.39. The van der Waals surface area contributed by atoms with E-state index in [0.29, 0.717) is 17.9 Å². The molecule has 0 amide bonds. The highest BCUT2D eigenvalue weighted by molar-refractivity contribution is 5.07. The van der Waals surface area contributed by atoms with Gasteiger partial charge in [-0.05, 0) is 37.2 Å². The molecule has 1 aromatic rings. The highest BCUT2D eigenvalue weighted by Gasteiger charge is 2.40. The van der Waals surface area contributed by atoms with E-state index in [9.17, 15) is 5.11 Å². The predicted octanol–water partition coefficient (Wildman–Crippen LogP) is 4.12. The smallest absolute Gasteiger partial charge is 0.0731 e. The van der Waals surface area contributed by atoms with Crippen LogP contribution < -0.4 is 0 Å². The minimum Gasteiger partial charge on any atom is -0.389 e. The molecule has 3 atom stereocenters. The summed E-state index contributed by atoms with van der Waals surface area (Å²) in [5.74, 6) is 0.982. The molecule has 2 aliphatic carbocycles. The van der Waals surface area contributed by atoms with Crippen LogP contribution in [0.4, 0.5) is 0 Å². The van der Waals surface area contributed by atoms with Gasteiger partial charge in [0.2, 0.25) is 0 Å². The number of hydrogen-bond acceptors (Lipinski definition) is 2. The van der Waals surface area contributed by atoms with Gasteiger partial charge >= 0.3 is 0 Å². The first-order chi connectivity index (χ1) is 10.1. The molecule has 3 rings (SSSR count). The zero-order chi connectivity index (χ0) is 14.9. The van der Waals surface area contributed by atoms with E-state index in [1.807, 2.05) is 0 Å². The summed E-state index contributed by atoms with van der Waals surface area (Å²) >= 11 is 0. The first-order valence-corrected chi connectivity index (χ1v) is 8.85.